The van der Waals surface area contributed by atoms with Gasteiger partial charge in [-0.15, -0.1) is 0 Å². The molecule has 1 amide bonds. The summed E-state index contributed by atoms with van der Waals surface area (Å²) in [5.41, 5.74) is 3.38. The maximum Gasteiger partial charge on any atom is 0.254 e. The van der Waals surface area contributed by atoms with Gasteiger partial charge in [-0.25, -0.2) is 4.68 Å². The molecule has 1 aromatic heterocycles. The topological polar surface area (TPSA) is 47.4 Å². The Labute approximate surface area is 188 Å². The zero-order valence-corrected chi connectivity index (χ0v) is 18.4. The first-order valence-corrected chi connectivity index (χ1v) is 10.9. The van der Waals surface area contributed by atoms with E-state index in [2.05, 4.69) is 6.92 Å². The standard InChI is InChI=1S/C27H27N3O2/c1-3-19-30(26(31)22-15-9-5-10-16-22)20-24-25(21-13-7-4-8-14-21)28-29(2)27(24)32-23-17-11-6-12-18-23/h4-18H,3,19-20H2,1-2H3. The molecule has 0 aliphatic carbocycles. The Bertz CT molecular complexity index is 1160. The van der Waals surface area contributed by atoms with Crippen molar-refractivity contribution in [2.45, 2.75) is 19.9 Å². The van der Waals surface area contributed by atoms with Crippen molar-refractivity contribution in [2.24, 2.45) is 7.05 Å². The number of amides is 1. The van der Waals surface area contributed by atoms with Gasteiger partial charge in [0, 0.05) is 24.7 Å². The number of nitrogens with zero attached hydrogens (tertiary/aromatic N) is 3. The van der Waals surface area contributed by atoms with E-state index in [1.54, 1.807) is 4.68 Å². The molecule has 1 heterocycles. The number of para-hydroxylation sites is 1. The molecular weight excluding hydrogens is 398 g/mol. The van der Waals surface area contributed by atoms with Crippen LogP contribution >= 0.6 is 0 Å². The van der Waals surface area contributed by atoms with E-state index in [1.807, 2.05) is 103 Å². The predicted molar refractivity (Wildman–Crippen MR) is 127 cm³/mol. The van der Waals surface area contributed by atoms with Gasteiger partial charge in [0.1, 0.15) is 11.4 Å². The van der Waals surface area contributed by atoms with Crippen LogP contribution in [-0.4, -0.2) is 27.1 Å². The van der Waals surface area contributed by atoms with Gasteiger partial charge < -0.3 is 9.64 Å². The van der Waals surface area contributed by atoms with Crippen molar-refractivity contribution in [1.29, 1.82) is 0 Å². The molecule has 3 aromatic carbocycles. The maximum absolute atomic E-state index is 13.3. The first-order valence-electron chi connectivity index (χ1n) is 10.9. The molecule has 0 saturated carbocycles. The first kappa shape index (κ1) is 21.4. The minimum absolute atomic E-state index is 0.000904. The summed E-state index contributed by atoms with van der Waals surface area (Å²) in [7, 11) is 1.87. The van der Waals surface area contributed by atoms with Crippen LogP contribution in [0.15, 0.2) is 91.0 Å². The summed E-state index contributed by atoms with van der Waals surface area (Å²) in [5, 5.41) is 4.78. The smallest absolute Gasteiger partial charge is 0.254 e. The summed E-state index contributed by atoms with van der Waals surface area (Å²) in [6.45, 7) is 3.12. The van der Waals surface area contributed by atoms with Crippen LogP contribution in [0.3, 0.4) is 0 Å². The molecule has 0 radical (unpaired) electrons. The Kier molecular flexibility index (Phi) is 6.66. The summed E-state index contributed by atoms with van der Waals surface area (Å²) in [4.78, 5) is 15.2. The van der Waals surface area contributed by atoms with Crippen LogP contribution < -0.4 is 4.74 Å². The number of benzene rings is 3. The Morgan fingerprint density at radius 2 is 1.50 bits per heavy atom. The number of ether oxygens (including phenoxy) is 1. The SMILES string of the molecule is CCCN(Cc1c(-c2ccccc2)nn(C)c1Oc1ccccc1)C(=O)c1ccccc1. The molecule has 0 aliphatic rings. The molecule has 4 rings (SSSR count). The quantitative estimate of drug-likeness (QED) is 0.351. The van der Waals surface area contributed by atoms with E-state index in [9.17, 15) is 4.79 Å². The highest BCUT2D eigenvalue weighted by Gasteiger charge is 2.24. The third-order valence-corrected chi connectivity index (χ3v) is 5.24. The number of aromatic nitrogens is 2. The molecular formula is C27H27N3O2. The van der Waals surface area contributed by atoms with Gasteiger partial charge in [0.15, 0.2) is 0 Å². The van der Waals surface area contributed by atoms with Crippen LogP contribution in [0.25, 0.3) is 11.3 Å². The second-order valence-corrected chi connectivity index (χ2v) is 7.63. The van der Waals surface area contributed by atoms with Gasteiger partial charge in [-0.05, 0) is 30.7 Å². The molecule has 0 atom stereocenters. The van der Waals surface area contributed by atoms with Crippen molar-refractivity contribution in [3.8, 4) is 22.9 Å². The number of carbonyl (C=O) groups excluding carboxylic acids is 1. The summed E-state index contributed by atoms with van der Waals surface area (Å²) < 4.78 is 8.02. The van der Waals surface area contributed by atoms with E-state index < -0.39 is 0 Å². The molecule has 0 unspecified atom stereocenters. The summed E-state index contributed by atoms with van der Waals surface area (Å²) in [6.07, 6.45) is 0.856. The van der Waals surface area contributed by atoms with Crippen molar-refractivity contribution in [1.82, 2.24) is 14.7 Å². The van der Waals surface area contributed by atoms with E-state index in [4.69, 9.17) is 9.84 Å². The van der Waals surface area contributed by atoms with Crippen molar-refractivity contribution in [3.05, 3.63) is 102 Å². The van der Waals surface area contributed by atoms with Crippen LogP contribution in [0.1, 0.15) is 29.3 Å². The summed E-state index contributed by atoms with van der Waals surface area (Å²) in [5.74, 6) is 1.37. The zero-order chi connectivity index (χ0) is 22.3. The van der Waals surface area contributed by atoms with Crippen LogP contribution in [0.2, 0.25) is 0 Å². The maximum atomic E-state index is 13.3. The molecule has 0 N–H and O–H groups in total. The van der Waals surface area contributed by atoms with Crippen LogP contribution in [0.5, 0.6) is 11.6 Å². The minimum atomic E-state index is 0.000904. The van der Waals surface area contributed by atoms with E-state index in [0.29, 0.717) is 24.5 Å². The lowest BCUT2D eigenvalue weighted by molar-refractivity contribution is 0.0742. The molecule has 0 aliphatic heterocycles. The molecule has 5 heteroatoms. The fraction of sp³-hybridized carbons (Fsp3) is 0.185. The molecule has 0 saturated heterocycles. The fourth-order valence-electron chi connectivity index (χ4n) is 3.73. The lowest BCUT2D eigenvalue weighted by Gasteiger charge is -2.23. The molecule has 0 fully saturated rings. The van der Waals surface area contributed by atoms with Crippen LogP contribution in [-0.2, 0) is 13.6 Å². The van der Waals surface area contributed by atoms with Crippen LogP contribution in [0.4, 0.5) is 0 Å². The molecule has 0 spiro atoms. The third-order valence-electron chi connectivity index (χ3n) is 5.24. The molecule has 4 aromatic rings. The van der Waals surface area contributed by atoms with Crippen molar-refractivity contribution in [3.63, 3.8) is 0 Å². The van der Waals surface area contributed by atoms with Crippen LogP contribution in [0, 0.1) is 0 Å². The average molecular weight is 426 g/mol. The normalized spacial score (nSPS) is 10.7. The Balaban J connectivity index is 1.76. The molecule has 162 valence electrons. The fourth-order valence-corrected chi connectivity index (χ4v) is 3.73. The highest BCUT2D eigenvalue weighted by atomic mass is 16.5. The second-order valence-electron chi connectivity index (χ2n) is 7.63. The number of rotatable bonds is 8. The first-order chi connectivity index (χ1) is 15.7. The number of aryl methyl sites for hydroxylation is 1. The molecule has 0 bridgehead atoms. The molecule has 32 heavy (non-hydrogen) atoms. The number of carbonyl (C=O) groups is 1. The number of hydrogen-bond donors (Lipinski definition) is 0. The van der Waals surface area contributed by atoms with Gasteiger partial charge in [0.25, 0.3) is 5.91 Å². The zero-order valence-electron chi connectivity index (χ0n) is 18.4. The van der Waals surface area contributed by atoms with Gasteiger partial charge in [-0.2, -0.15) is 5.10 Å². The third kappa shape index (κ3) is 4.72. The largest absolute Gasteiger partial charge is 0.439 e. The highest BCUT2D eigenvalue weighted by Crippen LogP contribution is 2.34. The minimum Gasteiger partial charge on any atom is -0.439 e. The van der Waals surface area contributed by atoms with E-state index in [-0.39, 0.29) is 5.91 Å². The second kappa shape index (κ2) is 9.96. The monoisotopic (exact) mass is 425 g/mol. The summed E-state index contributed by atoms with van der Waals surface area (Å²) in [6, 6.07) is 29.1. The van der Waals surface area contributed by atoms with E-state index in [0.717, 1.165) is 29.0 Å². The highest BCUT2D eigenvalue weighted by molar-refractivity contribution is 5.94. The lowest BCUT2D eigenvalue weighted by atomic mass is 10.1. The predicted octanol–water partition coefficient (Wildman–Crippen LogP) is 5.93. The van der Waals surface area contributed by atoms with Gasteiger partial charge in [0.05, 0.1) is 12.1 Å². The Morgan fingerprint density at radius 3 is 2.12 bits per heavy atom. The van der Waals surface area contributed by atoms with Crippen molar-refractivity contribution >= 4 is 5.91 Å². The number of hydrogen-bond acceptors (Lipinski definition) is 3. The Hall–Kier alpha value is -3.86. The van der Waals surface area contributed by atoms with Gasteiger partial charge in [-0.3, -0.25) is 4.79 Å². The summed E-state index contributed by atoms with van der Waals surface area (Å²) >= 11 is 0. The van der Waals surface area contributed by atoms with E-state index in [1.165, 1.54) is 0 Å². The van der Waals surface area contributed by atoms with Crippen molar-refractivity contribution < 1.29 is 9.53 Å². The van der Waals surface area contributed by atoms with Crippen molar-refractivity contribution in [2.75, 3.05) is 6.54 Å². The average Bonchev–Trinajstić information content (AvgIpc) is 3.15. The Morgan fingerprint density at radius 1 is 0.906 bits per heavy atom. The van der Waals surface area contributed by atoms with Gasteiger partial charge >= 0.3 is 0 Å². The van der Waals surface area contributed by atoms with Gasteiger partial charge in [-0.1, -0.05) is 73.7 Å². The molecule has 5 nitrogen and oxygen atoms in total. The van der Waals surface area contributed by atoms with E-state index >= 15 is 0 Å². The lowest BCUT2D eigenvalue weighted by Crippen LogP contribution is -2.31. The van der Waals surface area contributed by atoms with Gasteiger partial charge in [0.2, 0.25) is 5.88 Å².